The first-order valence-electron chi connectivity index (χ1n) is 16.8. The van der Waals surface area contributed by atoms with Crippen LogP contribution in [0.1, 0.15) is 0 Å². The van der Waals surface area contributed by atoms with Crippen LogP contribution < -0.4 is 20.6 Å². The van der Waals surface area contributed by atoms with E-state index in [1.54, 1.807) is 0 Å². The molecule has 0 bridgehead atoms. The lowest BCUT2D eigenvalue weighted by atomic mass is 9.47. The van der Waals surface area contributed by atoms with Crippen LogP contribution >= 0.6 is 0 Å². The van der Waals surface area contributed by atoms with Crippen LogP contribution in [0.4, 0.5) is 17.1 Å². The molecule has 49 heavy (non-hydrogen) atoms. The summed E-state index contributed by atoms with van der Waals surface area (Å²) in [7, 11) is 0. The normalized spacial score (nSPS) is 13.0. The molecular formula is C44H28BN3O. The molecule has 0 amide bonds. The summed E-state index contributed by atoms with van der Waals surface area (Å²) in [6, 6.07) is 61.1. The van der Waals surface area contributed by atoms with E-state index in [1.165, 1.54) is 49.4 Å². The van der Waals surface area contributed by atoms with Gasteiger partial charge in [0, 0.05) is 38.6 Å². The van der Waals surface area contributed by atoms with Crippen LogP contribution in [0, 0.1) is 0 Å². The van der Waals surface area contributed by atoms with E-state index in [9.17, 15) is 0 Å². The van der Waals surface area contributed by atoms with Crippen LogP contribution in [0.5, 0.6) is 11.6 Å². The molecule has 4 heterocycles. The van der Waals surface area contributed by atoms with Crippen LogP contribution in [-0.2, 0) is 0 Å². The van der Waals surface area contributed by atoms with Crippen LogP contribution in [0.15, 0.2) is 170 Å². The number of benzene rings is 7. The number of hydrogen-bond acceptors (Lipinski definition) is 2. The van der Waals surface area contributed by atoms with Crippen LogP contribution in [-0.4, -0.2) is 15.9 Å². The number of fused-ring (bicyclic) bond motifs is 9. The third-order valence-electron chi connectivity index (χ3n) is 10.3. The van der Waals surface area contributed by atoms with Crippen molar-refractivity contribution in [3.05, 3.63) is 170 Å². The maximum Gasteiger partial charge on any atom is 0.332 e. The molecule has 0 radical (unpaired) electrons. The Balaban J connectivity index is 1.33. The molecule has 2 aliphatic heterocycles. The standard InChI is InChI=1S/C44H28BN3O/c1-3-15-29(16-4-1)45-37-22-10-7-19-32(37)35-27-31(46-38-23-11-8-20-33(38)34-21-9-12-24-39(34)46)28-36-42(35)48(45)44-43(36)47(30-17-5-2-6-18-30)40-25-13-14-26-41(40)49-44/h1-28H. The van der Waals surface area contributed by atoms with E-state index in [0.29, 0.717) is 0 Å². The van der Waals surface area contributed by atoms with Crippen molar-refractivity contribution in [2.75, 3.05) is 4.90 Å². The van der Waals surface area contributed by atoms with Gasteiger partial charge in [-0.2, -0.15) is 0 Å². The summed E-state index contributed by atoms with van der Waals surface area (Å²) in [6.45, 7) is -0.0712. The summed E-state index contributed by atoms with van der Waals surface area (Å²) in [5.74, 6) is 1.69. The van der Waals surface area contributed by atoms with Crippen molar-refractivity contribution in [1.82, 2.24) is 9.05 Å². The highest BCUT2D eigenvalue weighted by Crippen LogP contribution is 2.57. The van der Waals surface area contributed by atoms with E-state index in [4.69, 9.17) is 4.74 Å². The molecule has 0 atom stereocenters. The zero-order valence-corrected chi connectivity index (χ0v) is 26.5. The van der Waals surface area contributed by atoms with Gasteiger partial charge in [0.15, 0.2) is 5.75 Å². The molecule has 0 fully saturated rings. The molecule has 5 heteroatoms. The lowest BCUT2D eigenvalue weighted by Crippen LogP contribution is -2.51. The minimum absolute atomic E-state index is 0.0712. The second-order valence-corrected chi connectivity index (χ2v) is 12.9. The Kier molecular flexibility index (Phi) is 5.44. The lowest BCUT2D eigenvalue weighted by Gasteiger charge is -2.33. The van der Waals surface area contributed by atoms with Gasteiger partial charge < -0.3 is 18.7 Å². The number of rotatable bonds is 3. The largest absolute Gasteiger partial charge is 0.438 e. The van der Waals surface area contributed by atoms with Gasteiger partial charge in [-0.15, -0.1) is 0 Å². The Morgan fingerprint density at radius 1 is 0.490 bits per heavy atom. The smallest absolute Gasteiger partial charge is 0.332 e. The molecule has 0 N–H and O–H groups in total. The molecule has 0 saturated carbocycles. The Morgan fingerprint density at radius 3 is 1.90 bits per heavy atom. The van der Waals surface area contributed by atoms with Gasteiger partial charge in [0.25, 0.3) is 0 Å². The lowest BCUT2D eigenvalue weighted by molar-refractivity contribution is 0.455. The summed E-state index contributed by atoms with van der Waals surface area (Å²) in [5, 5.41) is 3.65. The van der Waals surface area contributed by atoms with Gasteiger partial charge >= 0.3 is 6.85 Å². The number of ether oxygens (including phenoxy) is 1. The molecule has 0 aliphatic carbocycles. The first-order chi connectivity index (χ1) is 24.3. The summed E-state index contributed by atoms with van der Waals surface area (Å²) in [4.78, 5) is 2.39. The zero-order chi connectivity index (χ0) is 32.1. The molecule has 228 valence electrons. The summed E-state index contributed by atoms with van der Waals surface area (Å²) in [6.07, 6.45) is 0. The fraction of sp³-hybridized carbons (Fsp3) is 0. The fourth-order valence-corrected chi connectivity index (χ4v) is 8.37. The van der Waals surface area contributed by atoms with Crippen molar-refractivity contribution in [3.63, 3.8) is 0 Å². The average molecular weight is 626 g/mol. The van der Waals surface area contributed by atoms with E-state index in [1.807, 2.05) is 0 Å². The van der Waals surface area contributed by atoms with Gasteiger partial charge in [-0.3, -0.25) is 0 Å². The van der Waals surface area contributed by atoms with Gasteiger partial charge in [-0.25, -0.2) is 0 Å². The molecule has 9 aromatic rings. The first kappa shape index (κ1) is 26.6. The maximum atomic E-state index is 7.08. The van der Waals surface area contributed by atoms with Crippen molar-refractivity contribution >= 4 is 67.5 Å². The first-order valence-corrected chi connectivity index (χ1v) is 16.8. The van der Waals surface area contributed by atoms with Crippen molar-refractivity contribution < 1.29 is 4.74 Å². The molecule has 4 nitrogen and oxygen atoms in total. The van der Waals surface area contributed by atoms with Crippen LogP contribution in [0.3, 0.4) is 0 Å². The van der Waals surface area contributed by atoms with E-state index in [-0.39, 0.29) is 6.85 Å². The van der Waals surface area contributed by atoms with Gasteiger partial charge in [0.1, 0.15) is 5.69 Å². The number of para-hydroxylation sites is 5. The Labute approximate surface area is 283 Å². The molecule has 2 aromatic heterocycles. The Hall–Kier alpha value is -6.46. The fourth-order valence-electron chi connectivity index (χ4n) is 8.37. The number of nitrogens with zero attached hydrogens (tertiary/aromatic N) is 3. The minimum Gasteiger partial charge on any atom is -0.438 e. The number of hydrogen-bond donors (Lipinski definition) is 0. The average Bonchev–Trinajstić information content (AvgIpc) is 3.68. The third-order valence-corrected chi connectivity index (χ3v) is 10.3. The van der Waals surface area contributed by atoms with Gasteiger partial charge in [-0.1, -0.05) is 127 Å². The Morgan fingerprint density at radius 2 is 1.12 bits per heavy atom. The summed E-state index contributed by atoms with van der Waals surface area (Å²) >= 11 is 0. The predicted octanol–water partition coefficient (Wildman–Crippen LogP) is 9.95. The summed E-state index contributed by atoms with van der Waals surface area (Å²) < 4.78 is 12.0. The monoisotopic (exact) mass is 625 g/mol. The number of anilines is 3. The van der Waals surface area contributed by atoms with Gasteiger partial charge in [0.2, 0.25) is 5.88 Å². The van der Waals surface area contributed by atoms with Gasteiger partial charge in [0.05, 0.1) is 16.7 Å². The predicted molar refractivity (Wildman–Crippen MR) is 203 cm³/mol. The SMILES string of the molecule is c1ccc(B2c3ccccc3-c3cc(-n4c5ccccc5c5ccccc54)cc4c5c(n2c34)Oc2ccccc2N5c2ccccc2)cc1. The molecule has 0 spiro atoms. The second-order valence-electron chi connectivity index (χ2n) is 12.9. The van der Waals surface area contributed by atoms with Crippen molar-refractivity contribution in [1.29, 1.82) is 0 Å². The van der Waals surface area contributed by atoms with Gasteiger partial charge in [-0.05, 0) is 59.6 Å². The summed E-state index contributed by atoms with van der Waals surface area (Å²) in [5.41, 5.74) is 12.8. The number of aromatic nitrogens is 2. The van der Waals surface area contributed by atoms with E-state index in [2.05, 4.69) is 184 Å². The molecule has 7 aromatic carbocycles. The van der Waals surface area contributed by atoms with Crippen molar-refractivity contribution in [2.24, 2.45) is 0 Å². The quantitative estimate of drug-likeness (QED) is 0.182. The molecule has 2 aliphatic rings. The molecule has 11 rings (SSSR count). The van der Waals surface area contributed by atoms with E-state index >= 15 is 0 Å². The third kappa shape index (κ3) is 3.64. The maximum absolute atomic E-state index is 7.08. The molecular weight excluding hydrogens is 597 g/mol. The van der Waals surface area contributed by atoms with E-state index in [0.717, 1.165) is 39.8 Å². The highest BCUT2D eigenvalue weighted by atomic mass is 16.5. The topological polar surface area (TPSA) is 22.3 Å². The minimum atomic E-state index is -0.0712. The van der Waals surface area contributed by atoms with E-state index < -0.39 is 0 Å². The molecule has 0 saturated heterocycles. The molecule has 0 unspecified atom stereocenters. The van der Waals surface area contributed by atoms with Crippen LogP contribution in [0.2, 0.25) is 0 Å². The Bertz CT molecular complexity index is 2710. The zero-order valence-electron chi connectivity index (χ0n) is 26.5. The highest BCUT2D eigenvalue weighted by molar-refractivity contribution is 6.86. The second kappa shape index (κ2) is 10.0. The van der Waals surface area contributed by atoms with Crippen LogP contribution in [0.25, 0.3) is 49.5 Å². The highest BCUT2D eigenvalue weighted by Gasteiger charge is 2.41. The van der Waals surface area contributed by atoms with Crippen molar-refractivity contribution in [3.8, 4) is 28.4 Å². The van der Waals surface area contributed by atoms with Crippen molar-refractivity contribution in [2.45, 2.75) is 0 Å².